The van der Waals surface area contributed by atoms with Crippen molar-refractivity contribution in [2.75, 3.05) is 5.32 Å². The quantitative estimate of drug-likeness (QED) is 0.759. The van der Waals surface area contributed by atoms with Crippen LogP contribution in [0.1, 0.15) is 21.5 Å². The van der Waals surface area contributed by atoms with Crippen molar-refractivity contribution in [1.82, 2.24) is 0 Å². The summed E-state index contributed by atoms with van der Waals surface area (Å²) in [5, 5.41) is 12.5. The highest BCUT2D eigenvalue weighted by Gasteiger charge is 2.11. The predicted octanol–water partition coefficient (Wildman–Crippen LogP) is 2.78. The van der Waals surface area contributed by atoms with E-state index in [4.69, 9.17) is 18.0 Å². The van der Waals surface area contributed by atoms with Crippen molar-refractivity contribution in [1.29, 1.82) is 0 Å². The molecule has 2 aromatic rings. The van der Waals surface area contributed by atoms with Crippen LogP contribution in [0.2, 0.25) is 0 Å². The van der Waals surface area contributed by atoms with Gasteiger partial charge < -0.3 is 16.2 Å². The second kappa shape index (κ2) is 6.37. The first-order chi connectivity index (χ1) is 9.95. The summed E-state index contributed by atoms with van der Waals surface area (Å²) in [6.07, 6.45) is 0.530. The van der Waals surface area contributed by atoms with Crippen LogP contribution in [-0.4, -0.2) is 16.0 Å². The molecule has 0 aliphatic rings. The molecule has 4 N–H and O–H groups in total. The lowest BCUT2D eigenvalue weighted by Crippen LogP contribution is -2.13. The predicted molar refractivity (Wildman–Crippen MR) is 87.7 cm³/mol. The number of rotatable bonds is 4. The average Bonchev–Trinajstić information content (AvgIpc) is 2.43. The van der Waals surface area contributed by atoms with Gasteiger partial charge in [0.2, 0.25) is 0 Å². The number of carbonyl (C=O) groups is 1. The summed E-state index contributed by atoms with van der Waals surface area (Å²) < 4.78 is 0. The van der Waals surface area contributed by atoms with E-state index in [1.165, 1.54) is 6.07 Å². The van der Waals surface area contributed by atoms with Crippen molar-refractivity contribution >= 4 is 28.8 Å². The highest BCUT2D eigenvalue weighted by atomic mass is 32.1. The van der Waals surface area contributed by atoms with Crippen LogP contribution >= 0.6 is 12.2 Å². The second-order valence-electron chi connectivity index (χ2n) is 4.81. The molecule has 0 aromatic heterocycles. The lowest BCUT2D eigenvalue weighted by atomic mass is 10.1. The Morgan fingerprint density at radius 3 is 2.52 bits per heavy atom. The molecule has 4 nitrogen and oxygen atoms in total. The van der Waals surface area contributed by atoms with E-state index in [-0.39, 0.29) is 17.2 Å². The molecule has 0 saturated carbocycles. The molecule has 0 heterocycles. The van der Waals surface area contributed by atoms with Gasteiger partial charge in [-0.3, -0.25) is 4.79 Å². The van der Waals surface area contributed by atoms with Gasteiger partial charge in [-0.2, -0.15) is 0 Å². The third-order valence-corrected chi connectivity index (χ3v) is 3.13. The number of amides is 1. The van der Waals surface area contributed by atoms with Gasteiger partial charge in [-0.25, -0.2) is 0 Å². The first kappa shape index (κ1) is 15.0. The number of aromatic hydroxyl groups is 1. The molecule has 21 heavy (non-hydrogen) atoms. The molecular weight excluding hydrogens is 284 g/mol. The van der Waals surface area contributed by atoms with Gasteiger partial charge in [0.15, 0.2) is 0 Å². The van der Waals surface area contributed by atoms with Crippen LogP contribution < -0.4 is 11.1 Å². The van der Waals surface area contributed by atoms with Crippen molar-refractivity contribution in [2.24, 2.45) is 5.73 Å². The third kappa shape index (κ3) is 4.03. The van der Waals surface area contributed by atoms with E-state index in [0.717, 1.165) is 11.1 Å². The van der Waals surface area contributed by atoms with Crippen molar-refractivity contribution in [3.8, 4) is 5.75 Å². The van der Waals surface area contributed by atoms with Crippen molar-refractivity contribution < 1.29 is 9.90 Å². The average molecular weight is 300 g/mol. The summed E-state index contributed by atoms with van der Waals surface area (Å²) >= 11 is 4.85. The Hall–Kier alpha value is -2.40. The smallest absolute Gasteiger partial charge is 0.259 e. The maximum absolute atomic E-state index is 12.1. The zero-order valence-corrected chi connectivity index (χ0v) is 12.4. The molecule has 0 radical (unpaired) electrons. The Bertz CT molecular complexity index is 681. The van der Waals surface area contributed by atoms with Crippen molar-refractivity contribution in [3.63, 3.8) is 0 Å². The Balaban J connectivity index is 2.12. The molecular formula is C16H16N2O2S. The number of aryl methyl sites for hydroxylation is 1. The van der Waals surface area contributed by atoms with Gasteiger partial charge in [0.25, 0.3) is 5.91 Å². The first-order valence-electron chi connectivity index (χ1n) is 6.44. The zero-order valence-electron chi connectivity index (χ0n) is 11.6. The van der Waals surface area contributed by atoms with E-state index in [1.54, 1.807) is 24.3 Å². The summed E-state index contributed by atoms with van der Waals surface area (Å²) in [5.74, 6) is -0.388. The number of benzene rings is 2. The topological polar surface area (TPSA) is 75.3 Å². The van der Waals surface area contributed by atoms with Crippen LogP contribution in [-0.2, 0) is 6.42 Å². The normalized spacial score (nSPS) is 10.1. The Kier molecular flexibility index (Phi) is 4.55. The zero-order chi connectivity index (χ0) is 15.4. The summed E-state index contributed by atoms with van der Waals surface area (Å²) in [5.41, 5.74) is 8.27. The summed E-state index contributed by atoms with van der Waals surface area (Å²) in [4.78, 5) is 12.6. The Labute approximate surface area is 128 Å². The van der Waals surface area contributed by atoms with Crippen molar-refractivity contribution in [2.45, 2.75) is 13.3 Å². The minimum Gasteiger partial charge on any atom is -0.507 e. The molecule has 1 amide bonds. The fourth-order valence-electron chi connectivity index (χ4n) is 1.94. The molecule has 2 rings (SSSR count). The maximum Gasteiger partial charge on any atom is 0.259 e. The monoisotopic (exact) mass is 300 g/mol. The molecule has 0 saturated heterocycles. The summed E-state index contributed by atoms with van der Waals surface area (Å²) in [6.45, 7) is 1.86. The molecule has 0 fully saturated rings. The first-order valence-corrected chi connectivity index (χ1v) is 6.85. The number of carbonyl (C=O) groups excluding carboxylic acids is 1. The lowest BCUT2D eigenvalue weighted by molar-refractivity contribution is 0.102. The molecule has 0 unspecified atom stereocenters. The fourth-order valence-corrected chi connectivity index (χ4v) is 2.10. The van der Waals surface area contributed by atoms with Crippen LogP contribution in [0.5, 0.6) is 5.75 Å². The van der Waals surface area contributed by atoms with Gasteiger partial charge in [-0.15, -0.1) is 0 Å². The van der Waals surface area contributed by atoms with Crippen LogP contribution in [0, 0.1) is 6.92 Å². The molecule has 5 heteroatoms. The number of nitrogens with two attached hydrogens (primary N) is 1. The Morgan fingerprint density at radius 1 is 1.24 bits per heavy atom. The molecule has 0 atom stereocenters. The van der Waals surface area contributed by atoms with Gasteiger partial charge in [-0.1, -0.05) is 36.0 Å². The molecule has 108 valence electrons. The number of phenolic OH excluding ortho intramolecular Hbond substituents is 1. The highest BCUT2D eigenvalue weighted by molar-refractivity contribution is 7.80. The minimum atomic E-state index is -0.349. The van der Waals surface area contributed by atoms with Crippen LogP contribution in [0.4, 0.5) is 5.69 Å². The van der Waals surface area contributed by atoms with Gasteiger partial charge in [0.05, 0.1) is 10.6 Å². The van der Waals surface area contributed by atoms with Crippen LogP contribution in [0.15, 0.2) is 42.5 Å². The number of hydrogen-bond donors (Lipinski definition) is 3. The number of thiocarbonyl (C=S) groups is 1. The summed E-state index contributed by atoms with van der Waals surface area (Å²) in [6, 6.07) is 12.2. The molecule has 2 aromatic carbocycles. The summed E-state index contributed by atoms with van der Waals surface area (Å²) in [7, 11) is 0. The van der Waals surface area contributed by atoms with E-state index in [2.05, 4.69) is 5.32 Å². The van der Waals surface area contributed by atoms with Gasteiger partial charge in [-0.05, 0) is 36.8 Å². The van der Waals surface area contributed by atoms with Gasteiger partial charge in [0, 0.05) is 12.1 Å². The maximum atomic E-state index is 12.1. The SMILES string of the molecule is Cc1ccc(O)c(C(=O)Nc2ccc(CC(N)=S)cc2)c1. The van der Waals surface area contributed by atoms with E-state index in [0.29, 0.717) is 17.1 Å². The molecule has 0 aliphatic heterocycles. The third-order valence-electron chi connectivity index (χ3n) is 2.99. The van der Waals surface area contributed by atoms with E-state index in [9.17, 15) is 9.90 Å². The number of anilines is 1. The minimum absolute atomic E-state index is 0.0387. The number of hydrogen-bond acceptors (Lipinski definition) is 3. The molecule has 0 spiro atoms. The fraction of sp³-hybridized carbons (Fsp3) is 0.125. The molecule has 0 aliphatic carbocycles. The van der Waals surface area contributed by atoms with Gasteiger partial charge >= 0.3 is 0 Å². The van der Waals surface area contributed by atoms with Crippen LogP contribution in [0.25, 0.3) is 0 Å². The number of phenols is 1. The van der Waals surface area contributed by atoms with Crippen molar-refractivity contribution in [3.05, 3.63) is 59.2 Å². The van der Waals surface area contributed by atoms with Crippen LogP contribution in [0.3, 0.4) is 0 Å². The standard InChI is InChI=1S/C16H16N2O2S/c1-10-2-7-14(19)13(8-10)16(20)18-12-5-3-11(4-6-12)9-15(17)21/h2-8,19H,9H2,1H3,(H2,17,21)(H,18,20). The van der Waals surface area contributed by atoms with E-state index < -0.39 is 0 Å². The second-order valence-corrected chi connectivity index (χ2v) is 5.34. The van der Waals surface area contributed by atoms with Gasteiger partial charge in [0.1, 0.15) is 5.75 Å². The largest absolute Gasteiger partial charge is 0.507 e. The number of nitrogens with one attached hydrogen (secondary N) is 1. The Morgan fingerprint density at radius 2 is 1.90 bits per heavy atom. The highest BCUT2D eigenvalue weighted by Crippen LogP contribution is 2.20. The van der Waals surface area contributed by atoms with E-state index >= 15 is 0 Å². The molecule has 0 bridgehead atoms. The lowest BCUT2D eigenvalue weighted by Gasteiger charge is -2.08. The van der Waals surface area contributed by atoms with E-state index in [1.807, 2.05) is 19.1 Å².